The third-order valence-electron chi connectivity index (χ3n) is 6.84. The summed E-state index contributed by atoms with van der Waals surface area (Å²) in [6.07, 6.45) is 3.38. The summed E-state index contributed by atoms with van der Waals surface area (Å²) in [6.45, 7) is 8.85. The van der Waals surface area contributed by atoms with Gasteiger partial charge in [-0.2, -0.15) is 11.8 Å². The Bertz CT molecular complexity index is 938. The van der Waals surface area contributed by atoms with Gasteiger partial charge in [0.25, 0.3) is 5.91 Å². The number of carbonyl (C=O) groups excluding carboxylic acids is 3. The van der Waals surface area contributed by atoms with Crippen LogP contribution in [0.25, 0.3) is 0 Å². The molecule has 2 N–H and O–H groups in total. The summed E-state index contributed by atoms with van der Waals surface area (Å²) in [5.41, 5.74) is 1.62. The van der Waals surface area contributed by atoms with Crippen LogP contribution in [0.15, 0.2) is 24.3 Å². The maximum atomic E-state index is 13.6. The van der Waals surface area contributed by atoms with Crippen LogP contribution < -0.4 is 10.6 Å². The first-order valence-electron chi connectivity index (χ1n) is 12.3. The third-order valence-corrected chi connectivity index (χ3v) is 9.02. The standard InChI is InChI=1S/C25H36N4O4S2/c1-25(2)20(29-23(32)17-7-4-5-8-18(17)24(29)35-25)22(31)27-19(9-16-34-3)21(30)26-10-6-11-28-12-14-33-15-13-28/h4-5,7-8,19-20,24H,6,9-16H2,1-3H3,(H,26,30)(H,27,31)/t19-,20+,24?/m0/s1. The fraction of sp³-hybridized carbons (Fsp3) is 0.640. The van der Waals surface area contributed by atoms with E-state index in [4.69, 9.17) is 4.74 Å². The van der Waals surface area contributed by atoms with Crippen molar-refractivity contribution in [2.45, 2.75) is 48.9 Å². The lowest BCUT2D eigenvalue weighted by Gasteiger charge is -2.31. The first kappa shape index (κ1) is 26.3. The molecule has 4 rings (SSSR count). The lowest BCUT2D eigenvalue weighted by Crippen LogP contribution is -2.57. The Morgan fingerprint density at radius 3 is 2.74 bits per heavy atom. The molecule has 0 aromatic heterocycles. The van der Waals surface area contributed by atoms with Crippen LogP contribution in [-0.2, 0) is 14.3 Å². The largest absolute Gasteiger partial charge is 0.379 e. The summed E-state index contributed by atoms with van der Waals surface area (Å²) in [7, 11) is 0. The third kappa shape index (κ3) is 5.81. The van der Waals surface area contributed by atoms with Crippen molar-refractivity contribution in [1.82, 2.24) is 20.4 Å². The van der Waals surface area contributed by atoms with Crippen LogP contribution in [0.2, 0.25) is 0 Å². The number of fused-ring (bicyclic) bond motifs is 3. The van der Waals surface area contributed by atoms with E-state index >= 15 is 0 Å². The topological polar surface area (TPSA) is 91.0 Å². The molecule has 3 amide bonds. The first-order chi connectivity index (χ1) is 16.8. The Kier molecular flexibility index (Phi) is 8.67. The quantitative estimate of drug-likeness (QED) is 0.457. The number of benzene rings is 1. The Hall–Kier alpha value is -1.75. The van der Waals surface area contributed by atoms with Gasteiger partial charge in [0.05, 0.1) is 13.2 Å². The van der Waals surface area contributed by atoms with Crippen LogP contribution in [-0.4, -0.2) is 95.8 Å². The molecule has 0 aliphatic carbocycles. The van der Waals surface area contributed by atoms with Gasteiger partial charge < -0.3 is 20.3 Å². The molecule has 0 spiro atoms. The normalized spacial score (nSPS) is 24.1. The molecule has 2 fully saturated rings. The Morgan fingerprint density at radius 1 is 1.26 bits per heavy atom. The van der Waals surface area contributed by atoms with Gasteiger partial charge in [0.2, 0.25) is 11.8 Å². The van der Waals surface area contributed by atoms with E-state index in [2.05, 4.69) is 15.5 Å². The summed E-state index contributed by atoms with van der Waals surface area (Å²) in [5, 5.41) is 5.83. The van der Waals surface area contributed by atoms with E-state index in [0.29, 0.717) is 18.5 Å². The number of hydrogen-bond donors (Lipinski definition) is 2. The van der Waals surface area contributed by atoms with E-state index in [0.717, 1.165) is 50.6 Å². The fourth-order valence-electron chi connectivity index (χ4n) is 5.02. The molecule has 0 bridgehead atoms. The van der Waals surface area contributed by atoms with Crippen LogP contribution in [0.4, 0.5) is 0 Å². The number of thioether (sulfide) groups is 2. The van der Waals surface area contributed by atoms with E-state index < -0.39 is 16.8 Å². The molecular formula is C25H36N4O4S2. The second kappa shape index (κ2) is 11.5. The minimum atomic E-state index is -0.650. The van der Waals surface area contributed by atoms with Gasteiger partial charge in [0.15, 0.2) is 0 Å². The summed E-state index contributed by atoms with van der Waals surface area (Å²) >= 11 is 3.27. The minimum Gasteiger partial charge on any atom is -0.379 e. The molecule has 1 unspecified atom stereocenters. The second-order valence-electron chi connectivity index (χ2n) is 9.72. The van der Waals surface area contributed by atoms with Gasteiger partial charge >= 0.3 is 0 Å². The average molecular weight is 521 g/mol. The van der Waals surface area contributed by atoms with Crippen molar-refractivity contribution in [2.24, 2.45) is 0 Å². The zero-order valence-electron chi connectivity index (χ0n) is 20.7. The van der Waals surface area contributed by atoms with Crippen molar-refractivity contribution in [3.8, 4) is 0 Å². The molecule has 3 atom stereocenters. The van der Waals surface area contributed by atoms with Gasteiger partial charge in [-0.15, -0.1) is 11.8 Å². The van der Waals surface area contributed by atoms with Crippen LogP contribution in [0.1, 0.15) is 48.0 Å². The van der Waals surface area contributed by atoms with Gasteiger partial charge in [0, 0.05) is 29.9 Å². The Balaban J connectivity index is 1.38. The van der Waals surface area contributed by atoms with Crippen molar-refractivity contribution >= 4 is 41.2 Å². The molecule has 2 saturated heterocycles. The average Bonchev–Trinajstić information content (AvgIpc) is 3.28. The van der Waals surface area contributed by atoms with E-state index in [9.17, 15) is 14.4 Å². The van der Waals surface area contributed by atoms with Gasteiger partial charge in [-0.1, -0.05) is 18.2 Å². The molecule has 1 aromatic carbocycles. The van der Waals surface area contributed by atoms with Crippen molar-refractivity contribution in [2.75, 3.05) is 51.4 Å². The SMILES string of the molecule is CSCC[C@H](NC(=O)[C@H]1N2C(=O)c3ccccc3C2SC1(C)C)C(=O)NCCCN1CCOCC1. The Labute approximate surface area is 216 Å². The molecule has 10 heteroatoms. The van der Waals surface area contributed by atoms with Gasteiger partial charge in [-0.3, -0.25) is 19.3 Å². The molecule has 192 valence electrons. The molecule has 0 saturated carbocycles. The predicted octanol–water partition coefficient (Wildman–Crippen LogP) is 2.11. The fourth-order valence-corrected chi connectivity index (χ4v) is 7.08. The number of ether oxygens (including phenoxy) is 1. The zero-order chi connectivity index (χ0) is 25.0. The molecule has 8 nitrogen and oxygen atoms in total. The van der Waals surface area contributed by atoms with Crippen molar-refractivity contribution < 1.29 is 19.1 Å². The predicted molar refractivity (Wildman–Crippen MR) is 141 cm³/mol. The minimum absolute atomic E-state index is 0.114. The molecule has 3 aliphatic rings. The van der Waals surface area contributed by atoms with Crippen molar-refractivity contribution in [3.63, 3.8) is 0 Å². The molecule has 3 aliphatic heterocycles. The number of amides is 3. The Morgan fingerprint density at radius 2 is 2.00 bits per heavy atom. The highest BCUT2D eigenvalue weighted by atomic mass is 32.2. The first-order valence-corrected chi connectivity index (χ1v) is 14.6. The van der Waals surface area contributed by atoms with Gasteiger partial charge in [0.1, 0.15) is 17.5 Å². The second-order valence-corrected chi connectivity index (χ2v) is 12.4. The van der Waals surface area contributed by atoms with E-state index in [1.807, 2.05) is 44.4 Å². The smallest absolute Gasteiger partial charge is 0.256 e. The van der Waals surface area contributed by atoms with Gasteiger partial charge in [-0.05, 0) is 56.9 Å². The lowest BCUT2D eigenvalue weighted by molar-refractivity contribution is -0.131. The zero-order valence-corrected chi connectivity index (χ0v) is 22.4. The number of hydrogen-bond acceptors (Lipinski definition) is 7. The number of nitrogens with zero attached hydrogens (tertiary/aromatic N) is 2. The maximum absolute atomic E-state index is 13.6. The molecule has 3 heterocycles. The summed E-state index contributed by atoms with van der Waals surface area (Å²) < 4.78 is 4.90. The van der Waals surface area contributed by atoms with Crippen LogP contribution in [0.5, 0.6) is 0 Å². The highest BCUT2D eigenvalue weighted by Crippen LogP contribution is 2.56. The van der Waals surface area contributed by atoms with Crippen LogP contribution >= 0.6 is 23.5 Å². The summed E-state index contributed by atoms with van der Waals surface area (Å²) in [5.74, 6) is 0.217. The van der Waals surface area contributed by atoms with E-state index in [1.54, 1.807) is 28.4 Å². The molecule has 1 aromatic rings. The number of morpholine rings is 1. The monoisotopic (exact) mass is 520 g/mol. The molecular weight excluding hydrogens is 484 g/mol. The van der Waals surface area contributed by atoms with Crippen LogP contribution in [0, 0.1) is 0 Å². The summed E-state index contributed by atoms with van der Waals surface area (Å²) in [6, 6.07) is 6.29. The maximum Gasteiger partial charge on any atom is 0.256 e. The summed E-state index contributed by atoms with van der Waals surface area (Å²) in [4.78, 5) is 43.9. The molecule has 35 heavy (non-hydrogen) atoms. The van der Waals surface area contributed by atoms with E-state index in [1.165, 1.54) is 0 Å². The number of rotatable bonds is 10. The van der Waals surface area contributed by atoms with E-state index in [-0.39, 0.29) is 23.1 Å². The number of nitrogens with one attached hydrogen (secondary N) is 2. The van der Waals surface area contributed by atoms with Gasteiger partial charge in [-0.25, -0.2) is 0 Å². The van der Waals surface area contributed by atoms with Crippen molar-refractivity contribution in [3.05, 3.63) is 35.4 Å². The van der Waals surface area contributed by atoms with Crippen LogP contribution in [0.3, 0.4) is 0 Å². The lowest BCUT2D eigenvalue weighted by atomic mass is 10.00. The highest BCUT2D eigenvalue weighted by molar-refractivity contribution is 8.01. The molecule has 0 radical (unpaired) electrons. The number of carbonyl (C=O) groups is 3. The highest BCUT2D eigenvalue weighted by Gasteiger charge is 2.57. The van der Waals surface area contributed by atoms with Crippen molar-refractivity contribution in [1.29, 1.82) is 0 Å².